The standard InChI is InChI=1S/C23H25N3O5/c1-3-30-17-10-9-14(13-18(17)31-4-2)22-19-20(15-7-5-6-8-16(15)28)24-25-21(19)23(29)26(22)11-12-27/h5-10,13,22,27-28H,3-4,11-12H2,1-2H3,(H,24,25)/t22-/m0/s1. The molecule has 0 saturated heterocycles. The van der Waals surface area contributed by atoms with E-state index < -0.39 is 6.04 Å². The molecule has 1 amide bonds. The highest BCUT2D eigenvalue weighted by Crippen LogP contribution is 2.45. The smallest absolute Gasteiger partial charge is 0.273 e. The molecule has 0 aliphatic carbocycles. The topological polar surface area (TPSA) is 108 Å². The van der Waals surface area contributed by atoms with E-state index >= 15 is 0 Å². The number of amides is 1. The number of aromatic amines is 1. The number of ether oxygens (including phenoxy) is 2. The first kappa shape index (κ1) is 20.7. The normalized spacial score (nSPS) is 15.3. The summed E-state index contributed by atoms with van der Waals surface area (Å²) < 4.78 is 11.4. The lowest BCUT2D eigenvalue weighted by Crippen LogP contribution is -2.32. The second-order valence-corrected chi connectivity index (χ2v) is 7.07. The van der Waals surface area contributed by atoms with Gasteiger partial charge in [0.2, 0.25) is 0 Å². The second kappa shape index (κ2) is 8.69. The van der Waals surface area contributed by atoms with Crippen LogP contribution in [0.2, 0.25) is 0 Å². The van der Waals surface area contributed by atoms with E-state index in [1.165, 1.54) is 0 Å². The Morgan fingerprint density at radius 3 is 2.55 bits per heavy atom. The fourth-order valence-corrected chi connectivity index (χ4v) is 4.00. The Bertz CT molecular complexity index is 1090. The van der Waals surface area contributed by atoms with Crippen molar-refractivity contribution in [2.45, 2.75) is 19.9 Å². The highest BCUT2D eigenvalue weighted by Gasteiger charge is 2.42. The maximum atomic E-state index is 13.1. The number of fused-ring (bicyclic) bond motifs is 1. The number of phenols is 1. The average molecular weight is 423 g/mol. The SMILES string of the molecule is CCOc1ccc([C@H]2c3c(-c4ccccc4O)n[nH]c3C(=O)N2CCO)cc1OCC. The zero-order chi connectivity index (χ0) is 22.0. The molecule has 8 heteroatoms. The van der Waals surface area contributed by atoms with Gasteiger partial charge in [-0.1, -0.05) is 18.2 Å². The summed E-state index contributed by atoms with van der Waals surface area (Å²) in [6.45, 7) is 4.74. The van der Waals surface area contributed by atoms with Crippen LogP contribution in [-0.2, 0) is 0 Å². The quantitative estimate of drug-likeness (QED) is 0.514. The molecular formula is C23H25N3O5. The molecule has 31 heavy (non-hydrogen) atoms. The van der Waals surface area contributed by atoms with Crippen molar-refractivity contribution < 1.29 is 24.5 Å². The lowest BCUT2D eigenvalue weighted by atomic mass is 9.95. The van der Waals surface area contributed by atoms with Gasteiger partial charge in [-0.25, -0.2) is 0 Å². The predicted molar refractivity (Wildman–Crippen MR) is 114 cm³/mol. The number of β-amino-alcohol motifs (C(OH)–C–C–N with tert-alkyl or cyclic N) is 1. The Morgan fingerprint density at radius 2 is 1.84 bits per heavy atom. The monoisotopic (exact) mass is 423 g/mol. The number of aliphatic hydroxyl groups excluding tert-OH is 1. The third kappa shape index (κ3) is 3.59. The van der Waals surface area contributed by atoms with Gasteiger partial charge in [0.25, 0.3) is 5.91 Å². The summed E-state index contributed by atoms with van der Waals surface area (Å²) in [5.74, 6) is 1.03. The molecule has 0 fully saturated rings. The van der Waals surface area contributed by atoms with Crippen molar-refractivity contribution in [3.63, 3.8) is 0 Å². The van der Waals surface area contributed by atoms with Crippen LogP contribution in [0.5, 0.6) is 17.2 Å². The predicted octanol–water partition coefficient (Wildman–Crippen LogP) is 3.12. The molecule has 2 aromatic carbocycles. The number of hydrogen-bond acceptors (Lipinski definition) is 6. The number of carbonyl (C=O) groups is 1. The minimum atomic E-state index is -0.502. The zero-order valence-corrected chi connectivity index (χ0v) is 17.5. The summed E-state index contributed by atoms with van der Waals surface area (Å²) in [5.41, 5.74) is 2.83. The van der Waals surface area contributed by atoms with E-state index in [4.69, 9.17) is 9.47 Å². The van der Waals surface area contributed by atoms with Crippen LogP contribution in [0.15, 0.2) is 42.5 Å². The van der Waals surface area contributed by atoms with Crippen molar-refractivity contribution in [2.75, 3.05) is 26.4 Å². The van der Waals surface area contributed by atoms with Gasteiger partial charge < -0.3 is 24.6 Å². The van der Waals surface area contributed by atoms with E-state index in [1.54, 1.807) is 29.2 Å². The molecular weight excluding hydrogens is 398 g/mol. The number of H-pyrrole nitrogens is 1. The van der Waals surface area contributed by atoms with Gasteiger partial charge in [-0.15, -0.1) is 0 Å². The Hall–Kier alpha value is -3.52. The molecule has 8 nitrogen and oxygen atoms in total. The van der Waals surface area contributed by atoms with Gasteiger partial charge >= 0.3 is 0 Å². The van der Waals surface area contributed by atoms with E-state index in [-0.39, 0.29) is 24.8 Å². The molecule has 1 aliphatic rings. The van der Waals surface area contributed by atoms with E-state index in [1.807, 2.05) is 32.0 Å². The summed E-state index contributed by atoms with van der Waals surface area (Å²) in [7, 11) is 0. The third-order valence-electron chi connectivity index (χ3n) is 5.25. The van der Waals surface area contributed by atoms with Gasteiger partial charge in [0, 0.05) is 17.7 Å². The van der Waals surface area contributed by atoms with Crippen molar-refractivity contribution in [2.24, 2.45) is 0 Å². The van der Waals surface area contributed by atoms with Crippen molar-refractivity contribution in [1.29, 1.82) is 0 Å². The second-order valence-electron chi connectivity index (χ2n) is 7.07. The van der Waals surface area contributed by atoms with E-state index in [9.17, 15) is 15.0 Å². The van der Waals surface area contributed by atoms with Crippen molar-refractivity contribution in [3.05, 3.63) is 59.3 Å². The molecule has 0 bridgehead atoms. The first-order chi connectivity index (χ1) is 15.1. The minimum Gasteiger partial charge on any atom is -0.507 e. The molecule has 0 saturated carbocycles. The van der Waals surface area contributed by atoms with Crippen LogP contribution < -0.4 is 9.47 Å². The lowest BCUT2D eigenvalue weighted by Gasteiger charge is -2.26. The minimum absolute atomic E-state index is 0.0744. The van der Waals surface area contributed by atoms with E-state index in [0.717, 1.165) is 5.56 Å². The van der Waals surface area contributed by atoms with Gasteiger partial charge in [-0.3, -0.25) is 9.89 Å². The molecule has 1 atom stereocenters. The fourth-order valence-electron chi connectivity index (χ4n) is 4.00. The Morgan fingerprint density at radius 1 is 1.10 bits per heavy atom. The average Bonchev–Trinajstić information content (AvgIpc) is 3.30. The van der Waals surface area contributed by atoms with Gasteiger partial charge in [0.15, 0.2) is 11.5 Å². The number of hydrogen-bond donors (Lipinski definition) is 3. The number of para-hydroxylation sites is 1. The first-order valence-electron chi connectivity index (χ1n) is 10.3. The largest absolute Gasteiger partial charge is 0.507 e. The number of aromatic hydroxyl groups is 1. The summed E-state index contributed by atoms with van der Waals surface area (Å²) in [6, 6.07) is 11.9. The molecule has 3 aromatic rings. The molecule has 3 N–H and O–H groups in total. The number of benzene rings is 2. The molecule has 0 unspecified atom stereocenters. The highest BCUT2D eigenvalue weighted by atomic mass is 16.5. The van der Waals surface area contributed by atoms with E-state index in [0.29, 0.717) is 47.2 Å². The van der Waals surface area contributed by atoms with Gasteiger partial charge in [-0.05, 0) is 43.7 Å². The van der Waals surface area contributed by atoms with Crippen molar-refractivity contribution >= 4 is 5.91 Å². The number of nitrogens with one attached hydrogen (secondary N) is 1. The molecule has 1 aliphatic heterocycles. The summed E-state index contributed by atoms with van der Waals surface area (Å²) in [4.78, 5) is 14.7. The first-order valence-corrected chi connectivity index (χ1v) is 10.3. The van der Waals surface area contributed by atoms with Gasteiger partial charge in [-0.2, -0.15) is 5.10 Å². The fraction of sp³-hybridized carbons (Fsp3) is 0.304. The summed E-state index contributed by atoms with van der Waals surface area (Å²) >= 11 is 0. The van der Waals surface area contributed by atoms with Crippen LogP contribution in [0.4, 0.5) is 0 Å². The zero-order valence-electron chi connectivity index (χ0n) is 17.5. The lowest BCUT2D eigenvalue weighted by molar-refractivity contribution is 0.0706. The maximum Gasteiger partial charge on any atom is 0.273 e. The van der Waals surface area contributed by atoms with Crippen LogP contribution in [0.25, 0.3) is 11.3 Å². The van der Waals surface area contributed by atoms with Crippen LogP contribution in [0, 0.1) is 0 Å². The molecule has 162 valence electrons. The number of aliphatic hydroxyl groups is 1. The summed E-state index contributed by atoms with van der Waals surface area (Å²) in [6.07, 6.45) is 0. The summed E-state index contributed by atoms with van der Waals surface area (Å²) in [5, 5.41) is 27.2. The Balaban J connectivity index is 1.88. The van der Waals surface area contributed by atoms with E-state index in [2.05, 4.69) is 10.2 Å². The van der Waals surface area contributed by atoms with Crippen molar-refractivity contribution in [3.8, 4) is 28.5 Å². The van der Waals surface area contributed by atoms with Crippen LogP contribution in [0.1, 0.15) is 41.5 Å². The molecule has 0 spiro atoms. The number of phenolic OH excluding ortho intramolecular Hbond substituents is 1. The number of nitrogens with zero attached hydrogens (tertiary/aromatic N) is 2. The van der Waals surface area contributed by atoms with Gasteiger partial charge in [0.05, 0.1) is 25.9 Å². The Kier molecular flexibility index (Phi) is 5.81. The molecule has 1 aromatic heterocycles. The maximum absolute atomic E-state index is 13.1. The number of aromatic nitrogens is 2. The van der Waals surface area contributed by atoms with Crippen LogP contribution in [-0.4, -0.2) is 57.6 Å². The number of rotatable bonds is 8. The van der Waals surface area contributed by atoms with Gasteiger partial charge in [0.1, 0.15) is 17.1 Å². The third-order valence-corrected chi connectivity index (χ3v) is 5.25. The van der Waals surface area contributed by atoms with Crippen LogP contribution in [0.3, 0.4) is 0 Å². The Labute approximate surface area is 180 Å². The number of carbonyl (C=O) groups excluding carboxylic acids is 1. The van der Waals surface area contributed by atoms with Crippen LogP contribution >= 0.6 is 0 Å². The molecule has 4 rings (SSSR count). The van der Waals surface area contributed by atoms with Crippen molar-refractivity contribution in [1.82, 2.24) is 15.1 Å². The molecule has 0 radical (unpaired) electrons. The molecule has 2 heterocycles. The highest BCUT2D eigenvalue weighted by molar-refractivity contribution is 6.00.